The normalized spacial score (nSPS) is 14.4. The third-order valence-corrected chi connectivity index (χ3v) is 6.03. The van der Waals surface area contributed by atoms with Gasteiger partial charge in [-0.2, -0.15) is 0 Å². The second kappa shape index (κ2) is 9.76. The quantitative estimate of drug-likeness (QED) is 0.501. The van der Waals surface area contributed by atoms with Gasteiger partial charge >= 0.3 is 0 Å². The molecule has 0 amide bonds. The molecule has 1 saturated heterocycles. The van der Waals surface area contributed by atoms with Gasteiger partial charge in [-0.15, -0.1) is 0 Å². The Kier molecular flexibility index (Phi) is 6.63. The molecule has 31 heavy (non-hydrogen) atoms. The van der Waals surface area contributed by atoms with Gasteiger partial charge in [0.05, 0.1) is 0 Å². The third-order valence-electron chi connectivity index (χ3n) is 6.03. The zero-order chi connectivity index (χ0) is 21.6. The lowest BCUT2D eigenvalue weighted by Crippen LogP contribution is -2.44. The number of benzene rings is 3. The largest absolute Gasteiger partial charge is 0.369 e. The Bertz CT molecular complexity index is 1050. The number of hydrogen-bond acceptors (Lipinski definition) is 3. The minimum Gasteiger partial charge on any atom is -0.369 e. The Morgan fingerprint density at radius 3 is 2.23 bits per heavy atom. The van der Waals surface area contributed by atoms with E-state index < -0.39 is 0 Å². The summed E-state index contributed by atoms with van der Waals surface area (Å²) in [5.74, 6) is 0. The molecule has 0 aromatic heterocycles. The van der Waals surface area contributed by atoms with E-state index in [0.29, 0.717) is 0 Å². The van der Waals surface area contributed by atoms with E-state index in [1.54, 1.807) is 0 Å². The van der Waals surface area contributed by atoms with Crippen LogP contribution < -0.4 is 0 Å². The Morgan fingerprint density at radius 2 is 1.55 bits per heavy atom. The van der Waals surface area contributed by atoms with Crippen LogP contribution in [-0.4, -0.2) is 42.3 Å². The molecule has 0 aliphatic carbocycles. The number of nitrogens with zero attached hydrogens (tertiary/aromatic N) is 2. The minimum atomic E-state index is 0.731. The van der Waals surface area contributed by atoms with Gasteiger partial charge in [-0.1, -0.05) is 78.9 Å². The first-order valence-electron chi connectivity index (χ1n) is 11.0. The molecule has 1 heterocycles. The molecule has 158 valence electrons. The van der Waals surface area contributed by atoms with E-state index in [-0.39, 0.29) is 0 Å². The van der Waals surface area contributed by atoms with Crippen molar-refractivity contribution in [3.05, 3.63) is 113 Å². The summed E-state index contributed by atoms with van der Waals surface area (Å²) in [5, 5.41) is 0. The van der Waals surface area contributed by atoms with Crippen LogP contribution in [0.4, 0.5) is 0 Å². The molecule has 0 atom stereocenters. The van der Waals surface area contributed by atoms with Gasteiger partial charge in [0.25, 0.3) is 0 Å². The average Bonchev–Trinajstić information content (AvgIpc) is 2.80. The maximum Gasteiger partial charge on any atom is 0.150 e. The fourth-order valence-electron chi connectivity index (χ4n) is 4.24. The second-order valence-corrected chi connectivity index (χ2v) is 8.44. The summed E-state index contributed by atoms with van der Waals surface area (Å²) in [6, 6.07) is 25.4. The highest BCUT2D eigenvalue weighted by Crippen LogP contribution is 2.22. The number of hydrogen-bond donors (Lipinski definition) is 0. The van der Waals surface area contributed by atoms with Gasteiger partial charge in [-0.05, 0) is 41.7 Å². The lowest BCUT2D eigenvalue weighted by molar-refractivity contribution is 0.112. The van der Waals surface area contributed by atoms with Crippen molar-refractivity contribution < 1.29 is 4.79 Å². The van der Waals surface area contributed by atoms with E-state index in [1.165, 1.54) is 27.8 Å². The van der Waals surface area contributed by atoms with Gasteiger partial charge in [0.2, 0.25) is 0 Å². The highest BCUT2D eigenvalue weighted by molar-refractivity contribution is 5.74. The average molecular weight is 411 g/mol. The molecule has 3 aromatic carbocycles. The van der Waals surface area contributed by atoms with Crippen LogP contribution in [0.2, 0.25) is 0 Å². The fraction of sp³-hybridized carbons (Fsp3) is 0.250. The van der Waals surface area contributed by atoms with E-state index in [0.717, 1.165) is 56.7 Å². The van der Waals surface area contributed by atoms with Gasteiger partial charge in [-0.3, -0.25) is 9.69 Å². The number of rotatable bonds is 7. The number of carbonyl (C=O) groups is 1. The van der Waals surface area contributed by atoms with Crippen LogP contribution in [-0.2, 0) is 13.0 Å². The van der Waals surface area contributed by atoms with Gasteiger partial charge < -0.3 is 4.90 Å². The first kappa shape index (κ1) is 21.1. The zero-order valence-corrected chi connectivity index (χ0v) is 18.3. The van der Waals surface area contributed by atoms with Crippen LogP contribution >= 0.6 is 0 Å². The lowest BCUT2D eigenvalue weighted by Gasteiger charge is -2.37. The van der Waals surface area contributed by atoms with Crippen molar-refractivity contribution in [2.24, 2.45) is 0 Å². The van der Waals surface area contributed by atoms with Crippen LogP contribution in [0.15, 0.2) is 79.4 Å². The number of aryl methyl sites for hydroxylation is 1. The SMILES string of the molecule is C=C(c1cccc(Cc2cccc(C)c2)c1)N1CCN(Cc2ccc(C=O)cc2)CC1. The molecule has 0 N–H and O–H groups in total. The maximum atomic E-state index is 10.8. The van der Waals surface area contributed by atoms with Crippen molar-refractivity contribution in [3.63, 3.8) is 0 Å². The van der Waals surface area contributed by atoms with Crippen LogP contribution in [0.3, 0.4) is 0 Å². The third kappa shape index (κ3) is 5.50. The molecule has 0 spiro atoms. The molecule has 3 aromatic rings. The van der Waals surface area contributed by atoms with Gasteiger partial charge in [0, 0.05) is 44.0 Å². The van der Waals surface area contributed by atoms with E-state index in [1.807, 2.05) is 12.1 Å². The van der Waals surface area contributed by atoms with Gasteiger partial charge in [0.1, 0.15) is 6.29 Å². The number of aldehydes is 1. The predicted molar refractivity (Wildman–Crippen MR) is 128 cm³/mol. The molecular formula is C28H30N2O. The summed E-state index contributed by atoms with van der Waals surface area (Å²) >= 11 is 0. The maximum absolute atomic E-state index is 10.8. The van der Waals surface area contributed by atoms with Crippen molar-refractivity contribution >= 4 is 12.0 Å². The topological polar surface area (TPSA) is 23.6 Å². The van der Waals surface area contributed by atoms with Crippen molar-refractivity contribution in [3.8, 4) is 0 Å². The van der Waals surface area contributed by atoms with Crippen LogP contribution in [0, 0.1) is 6.92 Å². The van der Waals surface area contributed by atoms with E-state index in [2.05, 4.69) is 84.0 Å². The molecule has 0 unspecified atom stereocenters. The van der Waals surface area contributed by atoms with Gasteiger partial charge in [0.15, 0.2) is 0 Å². The Balaban J connectivity index is 1.34. The smallest absolute Gasteiger partial charge is 0.150 e. The van der Waals surface area contributed by atoms with Crippen LogP contribution in [0.5, 0.6) is 0 Å². The fourth-order valence-corrected chi connectivity index (χ4v) is 4.24. The summed E-state index contributed by atoms with van der Waals surface area (Å²) in [6.45, 7) is 11.5. The Labute approximate surface area is 185 Å². The lowest BCUT2D eigenvalue weighted by atomic mass is 10.0. The molecule has 0 bridgehead atoms. The minimum absolute atomic E-state index is 0.731. The van der Waals surface area contributed by atoms with Crippen LogP contribution in [0.25, 0.3) is 5.70 Å². The zero-order valence-electron chi connectivity index (χ0n) is 18.3. The van der Waals surface area contributed by atoms with E-state index in [9.17, 15) is 4.79 Å². The van der Waals surface area contributed by atoms with Crippen molar-refractivity contribution in [1.82, 2.24) is 9.80 Å². The van der Waals surface area contributed by atoms with Crippen molar-refractivity contribution in [1.29, 1.82) is 0 Å². The number of piperazine rings is 1. The monoisotopic (exact) mass is 410 g/mol. The summed E-state index contributed by atoms with van der Waals surface area (Å²) in [7, 11) is 0. The highest BCUT2D eigenvalue weighted by Gasteiger charge is 2.19. The van der Waals surface area contributed by atoms with E-state index in [4.69, 9.17) is 0 Å². The molecule has 3 heteroatoms. The Hall–Kier alpha value is -3.17. The molecule has 0 radical (unpaired) electrons. The predicted octanol–water partition coefficient (Wildman–Crippen LogP) is 5.19. The molecular weight excluding hydrogens is 380 g/mol. The highest BCUT2D eigenvalue weighted by atomic mass is 16.1. The summed E-state index contributed by atoms with van der Waals surface area (Å²) < 4.78 is 0. The van der Waals surface area contributed by atoms with Gasteiger partial charge in [-0.25, -0.2) is 0 Å². The molecule has 0 saturated carbocycles. The second-order valence-electron chi connectivity index (χ2n) is 8.44. The first-order valence-corrected chi connectivity index (χ1v) is 11.0. The Morgan fingerprint density at radius 1 is 0.871 bits per heavy atom. The van der Waals surface area contributed by atoms with Crippen molar-refractivity contribution in [2.45, 2.75) is 19.9 Å². The summed E-state index contributed by atoms with van der Waals surface area (Å²) in [5.41, 5.74) is 8.27. The first-order chi connectivity index (χ1) is 15.1. The summed E-state index contributed by atoms with van der Waals surface area (Å²) in [4.78, 5) is 15.7. The van der Waals surface area contributed by atoms with Crippen LogP contribution in [0.1, 0.15) is 38.2 Å². The van der Waals surface area contributed by atoms with E-state index >= 15 is 0 Å². The molecule has 1 aliphatic heterocycles. The molecule has 1 aliphatic rings. The number of carbonyl (C=O) groups excluding carboxylic acids is 1. The molecule has 4 rings (SSSR count). The van der Waals surface area contributed by atoms with Crippen molar-refractivity contribution in [2.75, 3.05) is 26.2 Å². The molecule has 3 nitrogen and oxygen atoms in total. The summed E-state index contributed by atoms with van der Waals surface area (Å²) in [6.07, 6.45) is 1.84. The standard InChI is InChI=1S/C28H30N2O/c1-22-5-3-6-26(17-22)18-27-7-4-8-28(19-27)23(2)30-15-13-29(14-16-30)20-24-9-11-25(21-31)12-10-24/h3-12,17,19,21H,2,13-16,18,20H2,1H3. The molecule has 1 fully saturated rings.